The van der Waals surface area contributed by atoms with Gasteiger partial charge in [-0.25, -0.2) is 8.42 Å². The molecule has 0 unspecified atom stereocenters. The molecule has 1 saturated carbocycles. The molecule has 27 heavy (non-hydrogen) atoms. The first kappa shape index (κ1) is 19.4. The Hall–Kier alpha value is -2.35. The molecule has 2 aromatic carbocycles. The van der Waals surface area contributed by atoms with Crippen molar-refractivity contribution in [3.8, 4) is 0 Å². The van der Waals surface area contributed by atoms with Crippen molar-refractivity contribution in [2.45, 2.75) is 36.5 Å². The highest BCUT2D eigenvalue weighted by Gasteiger charge is 2.34. The van der Waals surface area contributed by atoms with E-state index in [1.807, 2.05) is 0 Å². The Bertz CT molecular complexity index is 932. The van der Waals surface area contributed by atoms with Gasteiger partial charge >= 0.3 is 6.18 Å². The molecule has 0 aliphatic heterocycles. The quantitative estimate of drug-likeness (QED) is 0.769. The van der Waals surface area contributed by atoms with Crippen LogP contribution in [0.5, 0.6) is 0 Å². The minimum atomic E-state index is -4.40. The van der Waals surface area contributed by atoms with Gasteiger partial charge in [-0.15, -0.1) is 0 Å². The molecular formula is C19H18F3NO3S. The third-order valence-corrected chi connectivity index (χ3v) is 5.54. The average Bonchev–Trinajstić information content (AvgIpc) is 3.43. The number of nitrogens with zero attached hydrogens (tertiary/aromatic N) is 1. The lowest BCUT2D eigenvalue weighted by molar-refractivity contribution is -0.137. The van der Waals surface area contributed by atoms with Crippen molar-refractivity contribution >= 4 is 15.7 Å². The van der Waals surface area contributed by atoms with Crippen LogP contribution in [0.4, 0.5) is 13.2 Å². The summed E-state index contributed by atoms with van der Waals surface area (Å²) in [7, 11) is -3.35. The van der Waals surface area contributed by atoms with Crippen LogP contribution < -0.4 is 0 Å². The molecule has 0 atom stereocenters. The molecule has 1 aliphatic rings. The second-order valence-corrected chi connectivity index (χ2v) is 8.67. The number of sulfone groups is 1. The summed E-state index contributed by atoms with van der Waals surface area (Å²) < 4.78 is 61.1. The van der Waals surface area contributed by atoms with Crippen molar-refractivity contribution in [1.82, 2.24) is 4.90 Å². The van der Waals surface area contributed by atoms with Gasteiger partial charge in [-0.2, -0.15) is 13.2 Å². The lowest BCUT2D eigenvalue weighted by Gasteiger charge is -2.23. The highest BCUT2D eigenvalue weighted by atomic mass is 32.2. The van der Waals surface area contributed by atoms with Gasteiger partial charge in [0.15, 0.2) is 9.84 Å². The maximum atomic E-state index is 12.8. The third kappa shape index (κ3) is 4.68. The Morgan fingerprint density at radius 3 is 2.04 bits per heavy atom. The summed E-state index contributed by atoms with van der Waals surface area (Å²) in [6.07, 6.45) is -1.63. The fourth-order valence-electron chi connectivity index (χ4n) is 2.76. The number of carbonyl (C=O) groups excluding carboxylic acids is 1. The standard InChI is InChI=1S/C19H18F3NO3S/c1-27(25,26)17-10-4-14(5-11-17)18(24)23(16-8-9-16)12-13-2-6-15(7-3-13)19(20,21)22/h2-7,10-11,16H,8-9,12H2,1H3. The number of hydrogen-bond acceptors (Lipinski definition) is 3. The summed E-state index contributed by atoms with van der Waals surface area (Å²) in [5.74, 6) is -0.266. The van der Waals surface area contributed by atoms with E-state index in [4.69, 9.17) is 0 Å². The van der Waals surface area contributed by atoms with Gasteiger partial charge < -0.3 is 4.90 Å². The number of rotatable bonds is 5. The molecule has 3 rings (SSSR count). The predicted octanol–water partition coefficient (Wildman–Crippen LogP) is 3.91. The van der Waals surface area contributed by atoms with Crippen LogP contribution in [0.1, 0.15) is 34.3 Å². The Morgan fingerprint density at radius 2 is 1.59 bits per heavy atom. The molecule has 1 fully saturated rings. The molecule has 0 spiro atoms. The lowest BCUT2D eigenvalue weighted by Crippen LogP contribution is -2.32. The summed E-state index contributed by atoms with van der Waals surface area (Å²) in [4.78, 5) is 14.6. The fourth-order valence-corrected chi connectivity index (χ4v) is 3.39. The van der Waals surface area contributed by atoms with Crippen molar-refractivity contribution in [3.63, 3.8) is 0 Å². The smallest absolute Gasteiger partial charge is 0.331 e. The van der Waals surface area contributed by atoms with E-state index in [-0.39, 0.29) is 23.4 Å². The van der Waals surface area contributed by atoms with E-state index in [9.17, 15) is 26.4 Å². The molecule has 0 N–H and O–H groups in total. The molecule has 0 bridgehead atoms. The second kappa shape index (κ2) is 6.99. The zero-order chi connectivity index (χ0) is 19.8. The number of alkyl halides is 3. The van der Waals surface area contributed by atoms with E-state index in [0.29, 0.717) is 11.1 Å². The van der Waals surface area contributed by atoms with E-state index in [1.165, 1.54) is 36.4 Å². The van der Waals surface area contributed by atoms with Crippen LogP contribution >= 0.6 is 0 Å². The number of hydrogen-bond donors (Lipinski definition) is 0. The Balaban J connectivity index is 1.78. The van der Waals surface area contributed by atoms with Crippen molar-refractivity contribution < 1.29 is 26.4 Å². The topological polar surface area (TPSA) is 54.5 Å². The highest BCUT2D eigenvalue weighted by molar-refractivity contribution is 7.90. The Morgan fingerprint density at radius 1 is 1.04 bits per heavy atom. The number of benzene rings is 2. The molecule has 4 nitrogen and oxygen atoms in total. The molecule has 144 valence electrons. The van der Waals surface area contributed by atoms with Crippen LogP contribution in [0.2, 0.25) is 0 Å². The normalized spacial score (nSPS) is 14.8. The van der Waals surface area contributed by atoms with Crippen molar-refractivity contribution in [2.75, 3.05) is 6.26 Å². The van der Waals surface area contributed by atoms with Crippen molar-refractivity contribution in [1.29, 1.82) is 0 Å². The Kier molecular flexibility index (Phi) is 5.03. The minimum absolute atomic E-state index is 0.0503. The van der Waals surface area contributed by atoms with Crippen LogP contribution in [-0.2, 0) is 22.6 Å². The molecular weight excluding hydrogens is 379 g/mol. The van der Waals surface area contributed by atoms with Gasteiger partial charge in [-0.1, -0.05) is 12.1 Å². The van der Waals surface area contributed by atoms with E-state index in [1.54, 1.807) is 4.90 Å². The van der Waals surface area contributed by atoms with Gasteiger partial charge in [-0.05, 0) is 54.8 Å². The molecule has 2 aromatic rings. The van der Waals surface area contributed by atoms with E-state index in [0.717, 1.165) is 31.2 Å². The zero-order valence-corrected chi connectivity index (χ0v) is 15.3. The number of carbonyl (C=O) groups is 1. The summed E-state index contributed by atoms with van der Waals surface area (Å²) in [5, 5.41) is 0. The molecule has 0 heterocycles. The van der Waals surface area contributed by atoms with Gasteiger partial charge in [0.05, 0.1) is 10.5 Å². The van der Waals surface area contributed by atoms with Gasteiger partial charge in [0.1, 0.15) is 0 Å². The molecule has 1 amide bonds. The minimum Gasteiger partial charge on any atom is -0.331 e. The van der Waals surface area contributed by atoms with Crippen LogP contribution in [-0.4, -0.2) is 31.5 Å². The van der Waals surface area contributed by atoms with Gasteiger partial charge in [-0.3, -0.25) is 4.79 Å². The van der Waals surface area contributed by atoms with Crippen LogP contribution in [0, 0.1) is 0 Å². The first-order valence-corrected chi connectivity index (χ1v) is 10.2. The maximum absolute atomic E-state index is 12.8. The number of halogens is 3. The van der Waals surface area contributed by atoms with Crippen LogP contribution in [0.15, 0.2) is 53.4 Å². The van der Waals surface area contributed by atoms with E-state index in [2.05, 4.69) is 0 Å². The molecule has 0 radical (unpaired) electrons. The van der Waals surface area contributed by atoms with Crippen LogP contribution in [0.25, 0.3) is 0 Å². The third-order valence-electron chi connectivity index (χ3n) is 4.41. The summed E-state index contributed by atoms with van der Waals surface area (Å²) >= 11 is 0. The first-order valence-electron chi connectivity index (χ1n) is 8.33. The molecule has 0 aromatic heterocycles. The first-order chi connectivity index (χ1) is 12.6. The highest BCUT2D eigenvalue weighted by Crippen LogP contribution is 2.32. The number of amides is 1. The van der Waals surface area contributed by atoms with E-state index >= 15 is 0 Å². The zero-order valence-electron chi connectivity index (χ0n) is 14.5. The second-order valence-electron chi connectivity index (χ2n) is 6.66. The van der Waals surface area contributed by atoms with Gasteiger partial charge in [0.2, 0.25) is 0 Å². The Labute approximate surface area is 155 Å². The van der Waals surface area contributed by atoms with E-state index < -0.39 is 21.6 Å². The molecule has 8 heteroatoms. The van der Waals surface area contributed by atoms with Gasteiger partial charge in [0.25, 0.3) is 5.91 Å². The average molecular weight is 397 g/mol. The SMILES string of the molecule is CS(=O)(=O)c1ccc(C(=O)N(Cc2ccc(C(F)(F)F)cc2)C2CC2)cc1. The summed E-state index contributed by atoms with van der Waals surface area (Å²) in [5.41, 5.74) is 0.226. The monoisotopic (exact) mass is 397 g/mol. The fraction of sp³-hybridized carbons (Fsp3) is 0.316. The molecule has 0 saturated heterocycles. The van der Waals surface area contributed by atoms with Crippen molar-refractivity contribution in [3.05, 3.63) is 65.2 Å². The largest absolute Gasteiger partial charge is 0.416 e. The maximum Gasteiger partial charge on any atom is 0.416 e. The predicted molar refractivity (Wildman–Crippen MR) is 93.9 cm³/mol. The lowest BCUT2D eigenvalue weighted by atomic mass is 10.1. The van der Waals surface area contributed by atoms with Gasteiger partial charge in [0, 0.05) is 24.4 Å². The molecule has 1 aliphatic carbocycles. The van der Waals surface area contributed by atoms with Crippen LogP contribution in [0.3, 0.4) is 0 Å². The van der Waals surface area contributed by atoms with Crippen molar-refractivity contribution in [2.24, 2.45) is 0 Å². The summed E-state index contributed by atoms with van der Waals surface area (Å²) in [6.45, 7) is 0.204. The summed E-state index contributed by atoms with van der Waals surface area (Å²) in [6, 6.07) is 10.5.